The van der Waals surface area contributed by atoms with Crippen LogP contribution in [-0.4, -0.2) is 61.3 Å². The summed E-state index contributed by atoms with van der Waals surface area (Å²) in [6, 6.07) is 7.42. The predicted octanol–water partition coefficient (Wildman–Crippen LogP) is 4.87. The van der Waals surface area contributed by atoms with E-state index in [1.165, 1.54) is 12.5 Å². The van der Waals surface area contributed by atoms with Crippen molar-refractivity contribution in [3.63, 3.8) is 0 Å². The van der Waals surface area contributed by atoms with Gasteiger partial charge in [-0.2, -0.15) is 0 Å². The maximum Gasteiger partial charge on any atom is 0.336 e. The predicted molar refractivity (Wildman–Crippen MR) is 150 cm³/mol. The molecule has 0 saturated carbocycles. The Hall–Kier alpha value is -3.39. The first kappa shape index (κ1) is 30.2. The van der Waals surface area contributed by atoms with Crippen molar-refractivity contribution in [1.29, 1.82) is 0 Å². The summed E-state index contributed by atoms with van der Waals surface area (Å²) >= 11 is 0. The zero-order chi connectivity index (χ0) is 28.6. The third-order valence-electron chi connectivity index (χ3n) is 6.58. The van der Waals surface area contributed by atoms with Gasteiger partial charge in [-0.25, -0.2) is 14.4 Å². The van der Waals surface area contributed by atoms with Gasteiger partial charge in [0.2, 0.25) is 0 Å². The van der Waals surface area contributed by atoms with E-state index in [2.05, 4.69) is 10.2 Å². The number of nitrogens with zero attached hydrogens (tertiary/aromatic N) is 1. The van der Waals surface area contributed by atoms with Crippen molar-refractivity contribution in [3.05, 3.63) is 64.0 Å². The molecule has 8 heteroatoms. The normalized spacial score (nSPS) is 18.7. The fourth-order valence-electron chi connectivity index (χ4n) is 5.02. The molecule has 0 amide bonds. The SMILES string of the molecule is CCOC(=O)C1=C(C)NC(CN2CCCCC2)=C(C(=O)OCC)C1c1ccccc1/C=C/C(=O)OC(C)(C)C. The molecule has 0 radical (unpaired) electrons. The van der Waals surface area contributed by atoms with Gasteiger partial charge >= 0.3 is 17.9 Å². The van der Waals surface area contributed by atoms with Crippen LogP contribution in [0.5, 0.6) is 0 Å². The monoisotopic (exact) mass is 538 g/mol. The molecule has 39 heavy (non-hydrogen) atoms. The lowest BCUT2D eigenvalue weighted by molar-refractivity contribution is -0.148. The third kappa shape index (κ3) is 8.05. The molecule has 1 aromatic rings. The summed E-state index contributed by atoms with van der Waals surface area (Å²) < 4.78 is 16.4. The van der Waals surface area contributed by atoms with E-state index in [1.807, 2.05) is 31.2 Å². The lowest BCUT2D eigenvalue weighted by atomic mass is 9.78. The molecule has 0 aromatic heterocycles. The average Bonchev–Trinajstić information content (AvgIpc) is 2.87. The molecule has 212 valence electrons. The number of dihydropyridines is 1. The van der Waals surface area contributed by atoms with Crippen LogP contribution < -0.4 is 5.32 Å². The minimum Gasteiger partial charge on any atom is -0.463 e. The number of ether oxygens (including phenoxy) is 3. The molecule has 0 aliphatic carbocycles. The molecule has 1 N–H and O–H groups in total. The Bertz CT molecular complexity index is 1150. The zero-order valence-electron chi connectivity index (χ0n) is 24.1. The van der Waals surface area contributed by atoms with Crippen molar-refractivity contribution in [2.75, 3.05) is 32.8 Å². The van der Waals surface area contributed by atoms with Crippen LogP contribution in [-0.2, 0) is 28.6 Å². The lowest BCUT2D eigenvalue weighted by Crippen LogP contribution is -2.40. The van der Waals surface area contributed by atoms with Crippen molar-refractivity contribution in [2.24, 2.45) is 0 Å². The van der Waals surface area contributed by atoms with Gasteiger partial charge in [0, 0.05) is 24.0 Å². The molecule has 0 spiro atoms. The number of esters is 3. The highest BCUT2D eigenvalue weighted by molar-refractivity contribution is 6.00. The Morgan fingerprint density at radius 3 is 2.21 bits per heavy atom. The van der Waals surface area contributed by atoms with Crippen molar-refractivity contribution < 1.29 is 28.6 Å². The minimum atomic E-state index is -0.747. The molecule has 2 aliphatic heterocycles. The van der Waals surface area contributed by atoms with Crippen molar-refractivity contribution in [2.45, 2.75) is 72.3 Å². The number of allylic oxidation sites excluding steroid dienone is 1. The smallest absolute Gasteiger partial charge is 0.336 e. The molecule has 8 nitrogen and oxygen atoms in total. The second-order valence-electron chi connectivity index (χ2n) is 10.8. The van der Waals surface area contributed by atoms with Gasteiger partial charge in [-0.1, -0.05) is 30.7 Å². The summed E-state index contributed by atoms with van der Waals surface area (Å²) in [6.45, 7) is 13.6. The number of likely N-dealkylation sites (tertiary alicyclic amines) is 1. The van der Waals surface area contributed by atoms with E-state index in [0.717, 1.165) is 31.6 Å². The molecule has 1 aromatic carbocycles. The molecular weight excluding hydrogens is 496 g/mol. The average molecular weight is 539 g/mol. The van der Waals surface area contributed by atoms with E-state index in [9.17, 15) is 14.4 Å². The second-order valence-corrected chi connectivity index (χ2v) is 10.8. The maximum atomic E-state index is 13.6. The van der Waals surface area contributed by atoms with Gasteiger partial charge in [0.05, 0.1) is 30.3 Å². The first-order valence-electron chi connectivity index (χ1n) is 13.8. The van der Waals surface area contributed by atoms with E-state index in [4.69, 9.17) is 14.2 Å². The second kappa shape index (κ2) is 13.6. The fraction of sp³-hybridized carbons (Fsp3) is 0.516. The van der Waals surface area contributed by atoms with E-state index < -0.39 is 29.4 Å². The molecule has 1 atom stereocenters. The van der Waals surface area contributed by atoms with E-state index in [0.29, 0.717) is 34.5 Å². The molecule has 1 fully saturated rings. The highest BCUT2D eigenvalue weighted by Gasteiger charge is 2.40. The molecular formula is C31H42N2O6. The summed E-state index contributed by atoms with van der Waals surface area (Å²) in [7, 11) is 0. The molecule has 3 rings (SSSR count). The number of nitrogens with one attached hydrogen (secondary N) is 1. The Morgan fingerprint density at radius 1 is 0.974 bits per heavy atom. The van der Waals surface area contributed by atoms with Gasteiger partial charge in [0.15, 0.2) is 0 Å². The van der Waals surface area contributed by atoms with Crippen LogP contribution in [0.3, 0.4) is 0 Å². The molecule has 1 saturated heterocycles. The Labute approximate surface area is 232 Å². The topological polar surface area (TPSA) is 94.2 Å². The van der Waals surface area contributed by atoms with Crippen molar-refractivity contribution >= 4 is 24.0 Å². The van der Waals surface area contributed by atoms with Crippen LogP contribution in [0.4, 0.5) is 0 Å². The van der Waals surface area contributed by atoms with Crippen LogP contribution in [0.25, 0.3) is 6.08 Å². The number of hydrogen-bond acceptors (Lipinski definition) is 8. The van der Waals surface area contributed by atoms with Gasteiger partial charge in [-0.3, -0.25) is 4.90 Å². The highest BCUT2D eigenvalue weighted by atomic mass is 16.6. The quantitative estimate of drug-likeness (QED) is 0.270. The molecule has 2 aliphatic rings. The Morgan fingerprint density at radius 2 is 1.59 bits per heavy atom. The highest BCUT2D eigenvalue weighted by Crippen LogP contribution is 2.41. The molecule has 0 bridgehead atoms. The van der Waals surface area contributed by atoms with Crippen LogP contribution in [0, 0.1) is 0 Å². The molecule has 1 unspecified atom stereocenters. The van der Waals surface area contributed by atoms with Gasteiger partial charge < -0.3 is 19.5 Å². The minimum absolute atomic E-state index is 0.196. The third-order valence-corrected chi connectivity index (χ3v) is 6.58. The number of carbonyl (C=O) groups excluding carboxylic acids is 3. The van der Waals surface area contributed by atoms with Crippen molar-refractivity contribution in [3.8, 4) is 0 Å². The largest absolute Gasteiger partial charge is 0.463 e. The van der Waals surface area contributed by atoms with E-state index in [1.54, 1.807) is 40.7 Å². The van der Waals surface area contributed by atoms with Crippen molar-refractivity contribution in [1.82, 2.24) is 10.2 Å². The first-order chi connectivity index (χ1) is 18.6. The Kier molecular flexibility index (Phi) is 10.5. The summed E-state index contributed by atoms with van der Waals surface area (Å²) in [5.74, 6) is -2.21. The zero-order valence-corrected chi connectivity index (χ0v) is 24.1. The summed E-state index contributed by atoms with van der Waals surface area (Å²) in [6.07, 6.45) is 6.43. The number of hydrogen-bond donors (Lipinski definition) is 1. The standard InChI is InChI=1S/C31H42N2O6/c1-7-37-29(35)26-21(3)32-24(20-33-18-12-9-13-19-33)28(30(36)38-8-2)27(26)23-15-11-10-14-22(23)16-17-25(34)39-31(4,5)6/h10-11,14-17,27,32H,7-9,12-13,18-20H2,1-6H3/b17-16+. The molecule has 2 heterocycles. The number of piperidine rings is 1. The fourth-order valence-corrected chi connectivity index (χ4v) is 5.02. The van der Waals surface area contributed by atoms with Crippen LogP contribution in [0.15, 0.2) is 52.9 Å². The van der Waals surface area contributed by atoms with Gasteiger partial charge in [-0.05, 0) is 84.7 Å². The van der Waals surface area contributed by atoms with Gasteiger partial charge in [0.1, 0.15) is 5.60 Å². The van der Waals surface area contributed by atoms with Gasteiger partial charge in [-0.15, -0.1) is 0 Å². The lowest BCUT2D eigenvalue weighted by Gasteiger charge is -2.35. The number of carbonyl (C=O) groups is 3. The summed E-state index contributed by atoms with van der Waals surface area (Å²) in [5.41, 5.74) is 2.83. The van der Waals surface area contributed by atoms with Crippen LogP contribution in [0.2, 0.25) is 0 Å². The number of rotatable bonds is 9. The van der Waals surface area contributed by atoms with Crippen LogP contribution >= 0.6 is 0 Å². The Balaban J connectivity index is 2.17. The van der Waals surface area contributed by atoms with Gasteiger partial charge in [0.25, 0.3) is 0 Å². The van der Waals surface area contributed by atoms with E-state index >= 15 is 0 Å². The van der Waals surface area contributed by atoms with E-state index in [-0.39, 0.29) is 13.2 Å². The maximum absolute atomic E-state index is 13.6. The summed E-state index contributed by atoms with van der Waals surface area (Å²) in [4.78, 5) is 41.7. The number of benzene rings is 1. The van der Waals surface area contributed by atoms with Crippen LogP contribution in [0.1, 0.15) is 77.8 Å². The summed E-state index contributed by atoms with van der Waals surface area (Å²) in [5, 5.41) is 3.36. The first-order valence-corrected chi connectivity index (χ1v) is 13.8.